The number of hydrogen-bond donors (Lipinski definition) is 4. The smallest absolute Gasteiger partial charge is 0.387 e. The summed E-state index contributed by atoms with van der Waals surface area (Å²) in [6.07, 6.45) is 44.3. The average molecular weight is 725 g/mol. The van der Waals surface area contributed by atoms with E-state index in [4.69, 9.17) is 14.8 Å². The molecule has 0 bridgehead atoms. The number of phosphoric ester groups is 1. The normalized spacial score (nSPS) is 14.7. The molecule has 8 nitrogen and oxygen atoms in total. The summed E-state index contributed by atoms with van der Waals surface area (Å²) in [6, 6.07) is -0.867. The highest BCUT2D eigenvalue weighted by atomic mass is 31.2. The van der Waals surface area contributed by atoms with Gasteiger partial charge in [0.15, 0.2) is 0 Å². The summed E-state index contributed by atoms with van der Waals surface area (Å²) in [7, 11) is -4.34. The number of aliphatic hydroxyl groups is 1. The van der Waals surface area contributed by atoms with E-state index in [1.807, 2.05) is 6.08 Å². The lowest BCUT2D eigenvalue weighted by atomic mass is 10.1. The Labute approximate surface area is 307 Å². The fourth-order valence-electron chi connectivity index (χ4n) is 5.55. The number of carbonyl (C=O) groups excluding carboxylic acids is 1. The van der Waals surface area contributed by atoms with Crippen molar-refractivity contribution in [3.63, 3.8) is 0 Å². The summed E-state index contributed by atoms with van der Waals surface area (Å²) in [5.41, 5.74) is 5.36. The number of amides is 1. The zero-order valence-corrected chi connectivity index (χ0v) is 33.0. The molecule has 0 heterocycles. The molecule has 0 spiro atoms. The Morgan fingerprint density at radius 1 is 0.660 bits per heavy atom. The first-order valence-corrected chi connectivity index (χ1v) is 21.8. The van der Waals surface area contributed by atoms with Gasteiger partial charge >= 0.3 is 7.82 Å². The van der Waals surface area contributed by atoms with E-state index in [0.717, 1.165) is 64.2 Å². The molecule has 3 unspecified atom stereocenters. The second-order valence-corrected chi connectivity index (χ2v) is 14.9. The number of phosphoric acid groups is 1. The van der Waals surface area contributed by atoms with Gasteiger partial charge in [-0.1, -0.05) is 159 Å². The summed E-state index contributed by atoms with van der Waals surface area (Å²) in [5.74, 6) is -0.210. The Morgan fingerprint density at radius 2 is 1.10 bits per heavy atom. The topological polar surface area (TPSA) is 131 Å². The molecule has 0 aromatic carbocycles. The highest BCUT2D eigenvalue weighted by Gasteiger charge is 2.26. The number of nitrogens with one attached hydrogen (secondary N) is 1. The molecule has 0 aliphatic carbocycles. The SMILES string of the molecule is CCCCC/C=C\C/C=C\C/C=C\CCCCCCCCC(=O)NC(COP(=O)(O)OCCN)C(O)/C=C/CCCCCCCCCCCC. The molecule has 9 heteroatoms. The molecule has 3 atom stereocenters. The maximum atomic E-state index is 12.7. The zero-order valence-electron chi connectivity index (χ0n) is 32.1. The lowest BCUT2D eigenvalue weighted by molar-refractivity contribution is -0.123. The molecular formula is C41H77N2O6P. The van der Waals surface area contributed by atoms with Crippen molar-refractivity contribution in [2.75, 3.05) is 19.8 Å². The lowest BCUT2D eigenvalue weighted by Gasteiger charge is -2.23. The minimum atomic E-state index is -4.34. The van der Waals surface area contributed by atoms with Crippen LogP contribution < -0.4 is 11.1 Å². The van der Waals surface area contributed by atoms with Crippen LogP contribution in [0.2, 0.25) is 0 Å². The zero-order chi connectivity index (χ0) is 36.8. The molecule has 5 N–H and O–H groups in total. The highest BCUT2D eigenvalue weighted by Crippen LogP contribution is 2.43. The van der Waals surface area contributed by atoms with Crippen molar-refractivity contribution in [1.82, 2.24) is 5.32 Å². The van der Waals surface area contributed by atoms with Crippen LogP contribution in [-0.2, 0) is 18.4 Å². The van der Waals surface area contributed by atoms with E-state index in [9.17, 15) is 19.4 Å². The van der Waals surface area contributed by atoms with Crippen LogP contribution >= 0.6 is 7.82 Å². The Hall–Kier alpha value is -1.54. The fourth-order valence-corrected chi connectivity index (χ4v) is 6.31. The van der Waals surface area contributed by atoms with Crippen molar-refractivity contribution in [1.29, 1.82) is 0 Å². The second kappa shape index (κ2) is 37.2. The Morgan fingerprint density at radius 3 is 1.64 bits per heavy atom. The van der Waals surface area contributed by atoms with Gasteiger partial charge in [-0.3, -0.25) is 13.8 Å². The van der Waals surface area contributed by atoms with E-state index in [0.29, 0.717) is 6.42 Å². The molecule has 0 saturated heterocycles. The largest absolute Gasteiger partial charge is 0.472 e. The van der Waals surface area contributed by atoms with E-state index < -0.39 is 20.0 Å². The van der Waals surface area contributed by atoms with Gasteiger partial charge in [-0.2, -0.15) is 0 Å². The van der Waals surface area contributed by atoms with Crippen molar-refractivity contribution >= 4 is 13.7 Å². The van der Waals surface area contributed by atoms with E-state index in [2.05, 4.69) is 55.6 Å². The number of aliphatic hydroxyl groups excluding tert-OH is 1. The van der Waals surface area contributed by atoms with Crippen molar-refractivity contribution in [3.05, 3.63) is 48.6 Å². The van der Waals surface area contributed by atoms with Crippen LogP contribution in [-0.4, -0.2) is 47.8 Å². The Balaban J connectivity index is 4.28. The predicted octanol–water partition coefficient (Wildman–Crippen LogP) is 10.9. The van der Waals surface area contributed by atoms with Crippen molar-refractivity contribution < 1.29 is 28.4 Å². The maximum absolute atomic E-state index is 12.7. The van der Waals surface area contributed by atoms with Gasteiger partial charge in [-0.15, -0.1) is 0 Å². The molecule has 0 rings (SSSR count). The second-order valence-electron chi connectivity index (χ2n) is 13.5. The summed E-state index contributed by atoms with van der Waals surface area (Å²) < 4.78 is 22.0. The molecule has 0 fully saturated rings. The van der Waals surface area contributed by atoms with Crippen LogP contribution in [0.3, 0.4) is 0 Å². The van der Waals surface area contributed by atoms with Crippen LogP contribution in [0, 0.1) is 0 Å². The minimum absolute atomic E-state index is 0.0744. The van der Waals surface area contributed by atoms with Crippen molar-refractivity contribution in [2.24, 2.45) is 5.73 Å². The molecule has 0 radical (unpaired) electrons. The Kier molecular flexibility index (Phi) is 36.1. The average Bonchev–Trinajstić information content (AvgIpc) is 3.10. The van der Waals surface area contributed by atoms with Crippen molar-refractivity contribution in [3.8, 4) is 0 Å². The van der Waals surface area contributed by atoms with E-state index in [-0.39, 0.29) is 25.7 Å². The van der Waals surface area contributed by atoms with Crippen LogP contribution in [0.25, 0.3) is 0 Å². The quantitative estimate of drug-likeness (QED) is 0.0285. The number of unbranched alkanes of at least 4 members (excludes halogenated alkanes) is 19. The third-order valence-electron chi connectivity index (χ3n) is 8.65. The van der Waals surface area contributed by atoms with Gasteiger partial charge in [0.05, 0.1) is 25.4 Å². The van der Waals surface area contributed by atoms with Crippen LogP contribution in [0.15, 0.2) is 48.6 Å². The first-order chi connectivity index (χ1) is 24.4. The van der Waals surface area contributed by atoms with Gasteiger partial charge in [0.1, 0.15) is 0 Å². The monoisotopic (exact) mass is 725 g/mol. The summed E-state index contributed by atoms with van der Waals surface area (Å²) in [6.45, 7) is 4.07. The minimum Gasteiger partial charge on any atom is -0.387 e. The molecule has 1 amide bonds. The number of rotatable bonds is 37. The predicted molar refractivity (Wildman–Crippen MR) is 212 cm³/mol. The van der Waals surface area contributed by atoms with Crippen LogP contribution in [0.4, 0.5) is 0 Å². The van der Waals surface area contributed by atoms with Crippen molar-refractivity contribution in [2.45, 2.75) is 187 Å². The van der Waals surface area contributed by atoms with Gasteiger partial charge < -0.3 is 21.1 Å². The lowest BCUT2D eigenvalue weighted by Crippen LogP contribution is -2.45. The van der Waals surface area contributed by atoms with Crippen LogP contribution in [0.1, 0.15) is 174 Å². The maximum Gasteiger partial charge on any atom is 0.472 e. The third-order valence-corrected chi connectivity index (χ3v) is 9.63. The molecule has 50 heavy (non-hydrogen) atoms. The first-order valence-electron chi connectivity index (χ1n) is 20.3. The van der Waals surface area contributed by atoms with Gasteiger partial charge in [-0.25, -0.2) is 4.57 Å². The molecule has 0 aromatic rings. The molecule has 0 saturated carbocycles. The van der Waals surface area contributed by atoms with Gasteiger partial charge in [0.25, 0.3) is 0 Å². The molecule has 292 valence electrons. The van der Waals surface area contributed by atoms with E-state index >= 15 is 0 Å². The van der Waals surface area contributed by atoms with E-state index in [1.54, 1.807) is 6.08 Å². The fraction of sp³-hybridized carbons (Fsp3) is 0.780. The van der Waals surface area contributed by atoms with E-state index in [1.165, 1.54) is 89.9 Å². The highest BCUT2D eigenvalue weighted by molar-refractivity contribution is 7.47. The standard InChI is InChI=1S/C41H77N2O6P/c1-3-5-7-9-11-13-15-17-18-19-20-21-22-23-25-27-29-31-33-35-41(45)43-39(38-49-50(46,47)48-37-36-42)40(44)34-32-30-28-26-24-16-14-12-10-8-6-4-2/h11,13,17-18,20-21,32,34,39-40,44H,3-10,12,14-16,19,22-31,33,35-38,42H2,1-2H3,(H,43,45)(H,46,47)/b13-11-,18-17-,21-20-,34-32+. The van der Waals surface area contributed by atoms with Gasteiger partial charge in [-0.05, 0) is 57.8 Å². The summed E-state index contributed by atoms with van der Waals surface area (Å²) in [4.78, 5) is 22.6. The summed E-state index contributed by atoms with van der Waals surface area (Å²) in [5, 5.41) is 13.6. The summed E-state index contributed by atoms with van der Waals surface area (Å²) >= 11 is 0. The first kappa shape index (κ1) is 48.5. The molecule has 0 aromatic heterocycles. The Bertz CT molecular complexity index is 923. The molecule has 0 aliphatic rings. The van der Waals surface area contributed by atoms with Gasteiger partial charge in [0.2, 0.25) is 5.91 Å². The number of nitrogens with two attached hydrogens (primary N) is 1. The number of carbonyl (C=O) groups is 1. The number of allylic oxidation sites excluding steroid dienone is 7. The molecule has 0 aliphatic heterocycles. The number of hydrogen-bond acceptors (Lipinski definition) is 6. The molecular weight excluding hydrogens is 647 g/mol. The van der Waals surface area contributed by atoms with Gasteiger partial charge in [0, 0.05) is 13.0 Å². The van der Waals surface area contributed by atoms with Crippen LogP contribution in [0.5, 0.6) is 0 Å². The third kappa shape index (κ3) is 34.9.